The molecular weight excluding hydrogens is 376 g/mol. The van der Waals surface area contributed by atoms with Gasteiger partial charge < -0.3 is 18.9 Å². The van der Waals surface area contributed by atoms with Crippen molar-refractivity contribution >= 4 is 17.9 Å². The van der Waals surface area contributed by atoms with Crippen molar-refractivity contribution in [3.63, 3.8) is 0 Å². The van der Waals surface area contributed by atoms with Gasteiger partial charge in [0, 0.05) is 17.9 Å². The number of esters is 3. The first kappa shape index (κ1) is 20.1. The van der Waals surface area contributed by atoms with E-state index in [2.05, 4.69) is 0 Å². The summed E-state index contributed by atoms with van der Waals surface area (Å²) >= 11 is 0. The Morgan fingerprint density at radius 3 is 2.48 bits per heavy atom. The molecule has 2 saturated heterocycles. The van der Waals surface area contributed by atoms with Crippen LogP contribution in [0.2, 0.25) is 0 Å². The molecule has 2 aliphatic carbocycles. The Labute approximate surface area is 170 Å². The number of carbonyl (C=O) groups is 3. The lowest BCUT2D eigenvalue weighted by molar-refractivity contribution is -0.182. The van der Waals surface area contributed by atoms with Gasteiger partial charge in [0.1, 0.15) is 17.6 Å². The van der Waals surface area contributed by atoms with Gasteiger partial charge in [0.2, 0.25) is 6.29 Å². The Balaban J connectivity index is 1.82. The summed E-state index contributed by atoms with van der Waals surface area (Å²) in [7, 11) is 0. The van der Waals surface area contributed by atoms with Crippen LogP contribution in [0.5, 0.6) is 0 Å². The SMILES string of the molecule is C/C=C(/C)C(=O)O[C@H]1[C@@]2(C)C(=C[C@@H](OC(C)=O)C[C@@H]2C)C[C@]12C(=O)O[C@@H]1O[C@@]12C. The summed E-state index contributed by atoms with van der Waals surface area (Å²) in [5, 5.41) is 0. The quantitative estimate of drug-likeness (QED) is 0.235. The molecule has 7 heteroatoms. The van der Waals surface area contributed by atoms with Crippen LogP contribution in [0.1, 0.15) is 54.4 Å². The minimum absolute atomic E-state index is 0.00383. The lowest BCUT2D eigenvalue weighted by Gasteiger charge is -2.44. The molecule has 1 spiro atoms. The standard InChI is InChI=1S/C22H28O7/c1-7-11(2)16(24)27-17-20(5)12(3)8-15(26-13(4)23)9-14(20)10-22(17)18(25)28-19-21(22,6)29-19/h7,9,12,15,17,19H,8,10H2,1-6H3/b11-7-/t12-,15-,17-,19+,20+,21-,22+/m0/s1. The molecule has 3 fully saturated rings. The Morgan fingerprint density at radius 1 is 1.24 bits per heavy atom. The van der Waals surface area contributed by atoms with Gasteiger partial charge in [-0.1, -0.05) is 25.5 Å². The molecule has 0 aromatic heterocycles. The highest BCUT2D eigenvalue weighted by Gasteiger charge is 2.85. The molecule has 158 valence electrons. The molecule has 4 aliphatic rings. The first-order valence-electron chi connectivity index (χ1n) is 10.1. The van der Waals surface area contributed by atoms with Crippen molar-refractivity contribution in [2.45, 2.75) is 78.5 Å². The average molecular weight is 404 g/mol. The fraction of sp³-hybridized carbons (Fsp3) is 0.682. The van der Waals surface area contributed by atoms with Crippen LogP contribution in [0, 0.1) is 16.7 Å². The molecule has 29 heavy (non-hydrogen) atoms. The summed E-state index contributed by atoms with van der Waals surface area (Å²) in [6.45, 7) is 10.8. The summed E-state index contributed by atoms with van der Waals surface area (Å²) in [6, 6.07) is 0. The van der Waals surface area contributed by atoms with E-state index in [0.717, 1.165) is 5.57 Å². The molecule has 0 N–H and O–H groups in total. The maximum atomic E-state index is 13.1. The lowest BCUT2D eigenvalue weighted by atomic mass is 9.63. The van der Waals surface area contributed by atoms with E-state index in [9.17, 15) is 14.4 Å². The molecule has 0 amide bonds. The average Bonchev–Trinajstić information content (AvgIpc) is 3.15. The molecule has 2 aliphatic heterocycles. The monoisotopic (exact) mass is 404 g/mol. The highest BCUT2D eigenvalue weighted by molar-refractivity contribution is 5.90. The van der Waals surface area contributed by atoms with Crippen LogP contribution in [0.4, 0.5) is 0 Å². The number of fused-ring (bicyclic) bond motifs is 3. The Kier molecular flexibility index (Phi) is 4.29. The molecule has 0 aromatic carbocycles. The van der Waals surface area contributed by atoms with Gasteiger partial charge in [-0.05, 0) is 45.6 Å². The maximum absolute atomic E-state index is 13.1. The van der Waals surface area contributed by atoms with Crippen molar-refractivity contribution in [2.24, 2.45) is 16.7 Å². The molecule has 0 aromatic rings. The molecule has 2 heterocycles. The number of hydrogen-bond donors (Lipinski definition) is 0. The predicted octanol–water partition coefficient (Wildman–Crippen LogP) is 2.83. The lowest BCUT2D eigenvalue weighted by Crippen LogP contribution is -2.54. The molecule has 4 rings (SSSR count). The van der Waals surface area contributed by atoms with E-state index in [4.69, 9.17) is 18.9 Å². The Hall–Kier alpha value is -2.15. The minimum atomic E-state index is -1.11. The van der Waals surface area contributed by atoms with E-state index >= 15 is 0 Å². The molecule has 0 radical (unpaired) electrons. The zero-order valence-electron chi connectivity index (χ0n) is 17.7. The molecule has 1 saturated carbocycles. The zero-order valence-corrected chi connectivity index (χ0v) is 17.7. The third kappa shape index (κ3) is 2.49. The van der Waals surface area contributed by atoms with Gasteiger partial charge in [0.15, 0.2) is 5.60 Å². The summed E-state index contributed by atoms with van der Waals surface area (Å²) < 4.78 is 22.7. The Bertz CT molecular complexity index is 857. The van der Waals surface area contributed by atoms with Gasteiger partial charge in [0.05, 0.1) is 0 Å². The maximum Gasteiger partial charge on any atom is 0.333 e. The number of rotatable bonds is 3. The topological polar surface area (TPSA) is 91.4 Å². The van der Waals surface area contributed by atoms with E-state index < -0.39 is 34.8 Å². The van der Waals surface area contributed by atoms with Crippen molar-refractivity contribution in [3.8, 4) is 0 Å². The van der Waals surface area contributed by atoms with E-state index in [0.29, 0.717) is 18.4 Å². The van der Waals surface area contributed by atoms with Crippen molar-refractivity contribution in [2.75, 3.05) is 0 Å². The van der Waals surface area contributed by atoms with Gasteiger partial charge in [-0.15, -0.1) is 0 Å². The van der Waals surface area contributed by atoms with Crippen LogP contribution in [-0.4, -0.2) is 42.0 Å². The smallest absolute Gasteiger partial charge is 0.333 e. The Morgan fingerprint density at radius 2 is 1.93 bits per heavy atom. The predicted molar refractivity (Wildman–Crippen MR) is 101 cm³/mol. The van der Waals surface area contributed by atoms with E-state index in [1.165, 1.54) is 6.92 Å². The van der Waals surface area contributed by atoms with Gasteiger partial charge in [-0.25, -0.2) is 4.79 Å². The van der Waals surface area contributed by atoms with E-state index in [-0.39, 0.29) is 24.0 Å². The largest absolute Gasteiger partial charge is 0.458 e. The summed E-state index contributed by atoms with van der Waals surface area (Å²) in [6.07, 6.45) is 2.84. The van der Waals surface area contributed by atoms with Gasteiger partial charge >= 0.3 is 17.9 Å². The number of ether oxygens (including phenoxy) is 4. The van der Waals surface area contributed by atoms with Crippen LogP contribution >= 0.6 is 0 Å². The van der Waals surface area contributed by atoms with E-state index in [1.54, 1.807) is 19.9 Å². The first-order valence-corrected chi connectivity index (χ1v) is 10.1. The second kappa shape index (κ2) is 6.17. The normalized spacial score (nSPS) is 45.2. The third-order valence-corrected chi connectivity index (χ3v) is 7.66. The number of hydrogen-bond acceptors (Lipinski definition) is 7. The van der Waals surface area contributed by atoms with E-state index in [1.807, 2.05) is 26.8 Å². The highest BCUT2D eigenvalue weighted by Crippen LogP contribution is 2.71. The summed E-state index contributed by atoms with van der Waals surface area (Å²) in [5.41, 5.74) is -1.11. The van der Waals surface area contributed by atoms with Crippen LogP contribution < -0.4 is 0 Å². The van der Waals surface area contributed by atoms with Crippen LogP contribution in [0.3, 0.4) is 0 Å². The second-order valence-electron chi connectivity index (χ2n) is 9.13. The molecule has 7 atom stereocenters. The molecule has 0 unspecified atom stereocenters. The number of carbonyl (C=O) groups excluding carboxylic acids is 3. The summed E-state index contributed by atoms with van der Waals surface area (Å²) in [5.74, 6) is -1.18. The van der Waals surface area contributed by atoms with Crippen molar-refractivity contribution < 1.29 is 33.3 Å². The van der Waals surface area contributed by atoms with Gasteiger partial charge in [-0.2, -0.15) is 0 Å². The molecule has 7 nitrogen and oxygen atoms in total. The van der Waals surface area contributed by atoms with Gasteiger partial charge in [-0.3, -0.25) is 9.59 Å². The van der Waals surface area contributed by atoms with Crippen molar-refractivity contribution in [1.82, 2.24) is 0 Å². The minimum Gasteiger partial charge on any atom is -0.458 e. The van der Waals surface area contributed by atoms with Crippen LogP contribution in [0.25, 0.3) is 0 Å². The number of allylic oxidation sites excluding steroid dienone is 1. The third-order valence-electron chi connectivity index (χ3n) is 7.66. The molecule has 0 bridgehead atoms. The first-order chi connectivity index (χ1) is 13.5. The summed E-state index contributed by atoms with van der Waals surface area (Å²) in [4.78, 5) is 37.4. The van der Waals surface area contributed by atoms with Gasteiger partial charge in [0.25, 0.3) is 0 Å². The van der Waals surface area contributed by atoms with Crippen molar-refractivity contribution in [1.29, 1.82) is 0 Å². The fourth-order valence-corrected chi connectivity index (χ4v) is 5.46. The molecular formula is C22H28O7. The van der Waals surface area contributed by atoms with Crippen molar-refractivity contribution in [3.05, 3.63) is 23.3 Å². The number of epoxide rings is 1. The van der Waals surface area contributed by atoms with Crippen LogP contribution in [-0.2, 0) is 33.3 Å². The highest BCUT2D eigenvalue weighted by atomic mass is 16.8. The second-order valence-corrected chi connectivity index (χ2v) is 9.13. The zero-order chi connectivity index (χ0) is 21.4. The fourth-order valence-electron chi connectivity index (χ4n) is 5.46. The van der Waals surface area contributed by atoms with Crippen LogP contribution in [0.15, 0.2) is 23.3 Å².